The molecule has 0 spiro atoms. The van der Waals surface area contributed by atoms with Crippen molar-refractivity contribution in [2.24, 2.45) is 0 Å². The zero-order valence-electron chi connectivity index (χ0n) is 12.8. The Morgan fingerprint density at radius 2 is 0.833 bits per heavy atom. The van der Waals surface area contributed by atoms with Crippen LogP contribution in [0.25, 0.3) is 11.1 Å². The van der Waals surface area contributed by atoms with Gasteiger partial charge in [-0.1, -0.05) is 0 Å². The van der Waals surface area contributed by atoms with Gasteiger partial charge >= 0.3 is 0 Å². The van der Waals surface area contributed by atoms with Gasteiger partial charge in [-0.15, -0.1) is 0 Å². The van der Waals surface area contributed by atoms with E-state index in [-0.39, 0.29) is 81.8 Å². The van der Waals surface area contributed by atoms with Gasteiger partial charge in [0.1, 0.15) is 0 Å². The quantitative estimate of drug-likeness (QED) is 0.587. The van der Waals surface area contributed by atoms with Crippen LogP contribution in [0.2, 0.25) is 0 Å². The van der Waals surface area contributed by atoms with Gasteiger partial charge in [0.15, 0.2) is 23.0 Å². The second kappa shape index (κ2) is 4.67. The van der Waals surface area contributed by atoms with Crippen LogP contribution in [0.15, 0.2) is 0 Å². The highest BCUT2D eigenvalue weighted by atomic mass is 16.7. The molecule has 2 heterocycles. The molecule has 2 aliphatic heterocycles. The Morgan fingerprint density at radius 3 is 1.17 bits per heavy atom. The number of fused-ring (bicyclic) bond motifs is 2. The Morgan fingerprint density at radius 1 is 0.542 bits per heavy atom. The Hall–Kier alpha value is -3.16. The number of hydrogen-bond acceptors (Lipinski definition) is 8. The molecule has 8 nitrogen and oxygen atoms in total. The normalized spacial score (nSPS) is 14.2. The van der Waals surface area contributed by atoms with Crippen molar-refractivity contribution in [2.75, 3.05) is 13.6 Å². The molecule has 0 bridgehead atoms. The van der Waals surface area contributed by atoms with Crippen molar-refractivity contribution in [1.29, 1.82) is 0 Å². The first kappa shape index (κ1) is 14.4. The summed E-state index contributed by atoms with van der Waals surface area (Å²) in [5, 5.41) is 41.8. The molecule has 0 aliphatic carbocycles. The minimum atomic E-state index is -0.311. The van der Waals surface area contributed by atoms with E-state index in [0.717, 1.165) is 0 Å². The van der Waals surface area contributed by atoms with E-state index in [0.29, 0.717) is 0 Å². The summed E-state index contributed by atoms with van der Waals surface area (Å²) in [4.78, 5) is 0. The smallest absolute Gasteiger partial charge is 0.231 e. The fourth-order valence-electron chi connectivity index (χ4n) is 3.03. The fraction of sp³-hybridized carbons (Fsp3) is 0.250. The second-order valence-electron chi connectivity index (χ2n) is 5.52. The molecule has 126 valence electrons. The van der Waals surface area contributed by atoms with Gasteiger partial charge in [0, 0.05) is 22.3 Å². The van der Waals surface area contributed by atoms with Crippen LogP contribution in [0.5, 0.6) is 46.0 Å². The van der Waals surface area contributed by atoms with E-state index in [1.165, 1.54) is 0 Å². The van der Waals surface area contributed by atoms with E-state index in [9.17, 15) is 20.4 Å². The van der Waals surface area contributed by atoms with E-state index in [4.69, 9.17) is 18.9 Å². The molecule has 0 aromatic heterocycles. The van der Waals surface area contributed by atoms with Crippen molar-refractivity contribution in [3.05, 3.63) is 11.1 Å². The Bertz CT molecular complexity index is 814. The van der Waals surface area contributed by atoms with Gasteiger partial charge in [0.2, 0.25) is 36.6 Å². The molecule has 8 heteroatoms. The first-order valence-electron chi connectivity index (χ1n) is 7.12. The third-order valence-electron chi connectivity index (χ3n) is 4.27. The SMILES string of the molecule is Cc1c(O)c2c(c(O)c1-c1c(C)c(O)c3c(c1O)OCO3)OCO2. The second-order valence-corrected chi connectivity index (χ2v) is 5.52. The van der Waals surface area contributed by atoms with Crippen molar-refractivity contribution in [1.82, 2.24) is 0 Å². The molecule has 2 aliphatic rings. The van der Waals surface area contributed by atoms with Crippen LogP contribution in [-0.2, 0) is 0 Å². The van der Waals surface area contributed by atoms with Crippen LogP contribution < -0.4 is 18.9 Å². The third-order valence-corrected chi connectivity index (χ3v) is 4.27. The summed E-state index contributed by atoms with van der Waals surface area (Å²) in [6.07, 6.45) is 0. The lowest BCUT2D eigenvalue weighted by molar-refractivity contribution is 0.169. The molecule has 24 heavy (non-hydrogen) atoms. The molecule has 0 fully saturated rings. The number of phenols is 4. The van der Waals surface area contributed by atoms with Gasteiger partial charge in [0.25, 0.3) is 0 Å². The number of aromatic hydroxyl groups is 4. The van der Waals surface area contributed by atoms with Crippen LogP contribution in [0.4, 0.5) is 0 Å². The zero-order valence-corrected chi connectivity index (χ0v) is 12.8. The summed E-state index contributed by atoms with van der Waals surface area (Å²) in [5.74, 6) is -1.03. The molecule has 0 atom stereocenters. The minimum Gasteiger partial charge on any atom is -0.504 e. The molecule has 2 aromatic rings. The van der Waals surface area contributed by atoms with Gasteiger partial charge < -0.3 is 39.4 Å². The molecule has 2 aromatic carbocycles. The van der Waals surface area contributed by atoms with Crippen LogP contribution >= 0.6 is 0 Å². The lowest BCUT2D eigenvalue weighted by atomic mass is 9.92. The van der Waals surface area contributed by atoms with Crippen LogP contribution in [0, 0.1) is 13.8 Å². The number of rotatable bonds is 1. The third kappa shape index (κ3) is 1.62. The van der Waals surface area contributed by atoms with E-state index >= 15 is 0 Å². The number of hydrogen-bond donors (Lipinski definition) is 4. The fourth-order valence-corrected chi connectivity index (χ4v) is 3.03. The largest absolute Gasteiger partial charge is 0.504 e. The summed E-state index contributed by atoms with van der Waals surface area (Å²) in [7, 11) is 0. The average molecular weight is 334 g/mol. The molecule has 0 amide bonds. The lowest BCUT2D eigenvalue weighted by Crippen LogP contribution is -1.94. The monoisotopic (exact) mass is 334 g/mol. The molecule has 0 radical (unpaired) electrons. The number of phenolic OH excluding ortho intramolecular Hbond substituents is 4. The summed E-state index contributed by atoms with van der Waals surface area (Å²) < 4.78 is 20.7. The minimum absolute atomic E-state index is 0.0240. The van der Waals surface area contributed by atoms with Crippen molar-refractivity contribution in [3.63, 3.8) is 0 Å². The van der Waals surface area contributed by atoms with Gasteiger partial charge in [-0.3, -0.25) is 0 Å². The standard InChI is InChI=1S/C16H14O8/c1-5-7(11(19)15-13(9(5)17)21-3-23-15)8-6(2)10(18)14-16(12(8)20)24-4-22-14/h17-20H,3-4H2,1-2H3. The predicted octanol–water partition coefficient (Wildman–Crippen LogP) is 2.25. The Kier molecular flexibility index (Phi) is 2.81. The lowest BCUT2D eigenvalue weighted by Gasteiger charge is -2.18. The summed E-state index contributed by atoms with van der Waals surface area (Å²) in [6.45, 7) is 2.81. The van der Waals surface area contributed by atoms with E-state index in [2.05, 4.69) is 0 Å². The highest BCUT2D eigenvalue weighted by Gasteiger charge is 2.34. The van der Waals surface area contributed by atoms with Gasteiger partial charge in [0.05, 0.1) is 0 Å². The van der Waals surface area contributed by atoms with Crippen molar-refractivity contribution in [3.8, 4) is 57.1 Å². The van der Waals surface area contributed by atoms with Gasteiger partial charge in [-0.25, -0.2) is 0 Å². The maximum Gasteiger partial charge on any atom is 0.231 e. The molecule has 4 rings (SSSR count). The highest BCUT2D eigenvalue weighted by molar-refractivity contribution is 5.91. The van der Waals surface area contributed by atoms with Gasteiger partial charge in [-0.2, -0.15) is 0 Å². The van der Waals surface area contributed by atoms with Crippen molar-refractivity contribution in [2.45, 2.75) is 13.8 Å². The van der Waals surface area contributed by atoms with Crippen molar-refractivity contribution < 1.29 is 39.4 Å². The van der Waals surface area contributed by atoms with Gasteiger partial charge in [-0.05, 0) is 13.8 Å². The Labute approximate surface area is 136 Å². The summed E-state index contributed by atoms with van der Waals surface area (Å²) in [5.41, 5.74) is 0.738. The van der Waals surface area contributed by atoms with Crippen molar-refractivity contribution >= 4 is 0 Å². The predicted molar refractivity (Wildman–Crippen MR) is 80.3 cm³/mol. The van der Waals surface area contributed by atoms with Crippen LogP contribution in [0.1, 0.15) is 11.1 Å². The van der Waals surface area contributed by atoms with Crippen LogP contribution in [0.3, 0.4) is 0 Å². The maximum atomic E-state index is 10.6. The summed E-state index contributed by atoms with van der Waals surface area (Å²) >= 11 is 0. The average Bonchev–Trinajstić information content (AvgIpc) is 3.23. The molecular weight excluding hydrogens is 320 g/mol. The maximum absolute atomic E-state index is 10.6. The van der Waals surface area contributed by atoms with E-state index in [1.54, 1.807) is 13.8 Å². The molecule has 0 unspecified atom stereocenters. The number of benzene rings is 2. The molecule has 4 N–H and O–H groups in total. The Balaban J connectivity index is 2.09. The molecule has 0 saturated heterocycles. The zero-order chi connectivity index (χ0) is 17.2. The van der Waals surface area contributed by atoms with Crippen LogP contribution in [-0.4, -0.2) is 34.0 Å². The first-order chi connectivity index (χ1) is 11.4. The topological polar surface area (TPSA) is 118 Å². The number of ether oxygens (including phenoxy) is 4. The summed E-state index contributed by atoms with van der Waals surface area (Å²) in [6, 6.07) is 0. The molecular formula is C16H14O8. The first-order valence-corrected chi connectivity index (χ1v) is 7.12. The highest BCUT2D eigenvalue weighted by Crippen LogP contribution is 2.60. The molecule has 0 saturated carbocycles. The van der Waals surface area contributed by atoms with E-state index in [1.807, 2.05) is 0 Å². The van der Waals surface area contributed by atoms with E-state index < -0.39 is 0 Å².